The van der Waals surface area contributed by atoms with Crippen molar-refractivity contribution in [2.45, 2.75) is 32.2 Å². The summed E-state index contributed by atoms with van der Waals surface area (Å²) in [7, 11) is 0. The zero-order valence-electron chi connectivity index (χ0n) is 11.9. The fourth-order valence-corrected chi connectivity index (χ4v) is 3.84. The van der Waals surface area contributed by atoms with E-state index < -0.39 is 0 Å². The number of thiazole rings is 1. The number of nitrogens with zero attached hydrogens (tertiary/aromatic N) is 2. The van der Waals surface area contributed by atoms with E-state index in [9.17, 15) is 0 Å². The van der Waals surface area contributed by atoms with Crippen molar-refractivity contribution in [1.82, 2.24) is 9.88 Å². The Kier molecular flexibility index (Phi) is 4.03. The van der Waals surface area contributed by atoms with E-state index in [0.29, 0.717) is 5.92 Å². The lowest BCUT2D eigenvalue weighted by Crippen LogP contribution is -2.33. The van der Waals surface area contributed by atoms with Gasteiger partial charge < -0.3 is 5.73 Å². The molecule has 1 aliphatic heterocycles. The van der Waals surface area contributed by atoms with Crippen molar-refractivity contribution < 1.29 is 0 Å². The Morgan fingerprint density at radius 3 is 3.10 bits per heavy atom. The van der Waals surface area contributed by atoms with E-state index in [1.807, 2.05) is 23.5 Å². The lowest BCUT2D eigenvalue weighted by atomic mass is 9.98. The number of benzene rings is 1. The van der Waals surface area contributed by atoms with Gasteiger partial charge in [0.1, 0.15) is 0 Å². The Bertz CT molecular complexity index is 579. The van der Waals surface area contributed by atoms with Gasteiger partial charge in [-0.15, -0.1) is 11.3 Å². The number of aromatic nitrogens is 1. The molecule has 2 heterocycles. The average Bonchev–Trinajstić information content (AvgIpc) is 2.86. The van der Waals surface area contributed by atoms with Crippen molar-refractivity contribution in [2.24, 2.45) is 0 Å². The third-order valence-corrected chi connectivity index (χ3v) is 4.97. The summed E-state index contributed by atoms with van der Waals surface area (Å²) >= 11 is 1.81. The van der Waals surface area contributed by atoms with Gasteiger partial charge in [0.05, 0.1) is 5.01 Å². The number of nitrogen functional groups attached to an aromatic ring is 1. The van der Waals surface area contributed by atoms with Crippen LogP contribution in [0, 0.1) is 6.92 Å². The smallest absolute Gasteiger partial charge is 0.0971 e. The second-order valence-corrected chi connectivity index (χ2v) is 6.54. The minimum Gasteiger partial charge on any atom is -0.399 e. The summed E-state index contributed by atoms with van der Waals surface area (Å²) in [5.41, 5.74) is 9.17. The van der Waals surface area contributed by atoms with Crippen LogP contribution in [0.1, 0.15) is 35.0 Å². The predicted molar refractivity (Wildman–Crippen MR) is 85.0 cm³/mol. The summed E-state index contributed by atoms with van der Waals surface area (Å²) in [4.78, 5) is 7.19. The Morgan fingerprint density at radius 2 is 2.35 bits per heavy atom. The minimum atomic E-state index is 0.600. The molecule has 1 aliphatic rings. The molecule has 2 N–H and O–H groups in total. The number of hydrogen-bond donors (Lipinski definition) is 1. The van der Waals surface area contributed by atoms with Gasteiger partial charge in [0.25, 0.3) is 0 Å². The zero-order valence-corrected chi connectivity index (χ0v) is 12.7. The molecule has 1 atom stereocenters. The number of rotatable bonds is 3. The Hall–Kier alpha value is -1.39. The van der Waals surface area contributed by atoms with Gasteiger partial charge in [-0.3, -0.25) is 4.90 Å². The maximum absolute atomic E-state index is 5.86. The molecular formula is C16H21N3S. The Balaban J connectivity index is 1.66. The van der Waals surface area contributed by atoms with Crippen molar-refractivity contribution >= 4 is 17.0 Å². The Morgan fingerprint density at radius 1 is 1.45 bits per heavy atom. The van der Waals surface area contributed by atoms with Crippen LogP contribution in [0.3, 0.4) is 0 Å². The van der Waals surface area contributed by atoms with Crippen LogP contribution in [0.4, 0.5) is 5.69 Å². The molecule has 0 aliphatic carbocycles. The highest BCUT2D eigenvalue weighted by molar-refractivity contribution is 7.09. The highest BCUT2D eigenvalue weighted by Crippen LogP contribution is 2.29. The van der Waals surface area contributed by atoms with Crippen LogP contribution in [0.5, 0.6) is 0 Å². The normalized spacial score (nSPS) is 20.1. The van der Waals surface area contributed by atoms with Crippen LogP contribution in [0.15, 0.2) is 29.6 Å². The molecule has 2 aromatic rings. The zero-order chi connectivity index (χ0) is 13.9. The van der Waals surface area contributed by atoms with Crippen LogP contribution >= 0.6 is 11.3 Å². The maximum Gasteiger partial charge on any atom is 0.0971 e. The summed E-state index contributed by atoms with van der Waals surface area (Å²) in [6.07, 6.45) is 2.52. The van der Waals surface area contributed by atoms with Crippen LogP contribution in [0.25, 0.3) is 0 Å². The molecule has 1 unspecified atom stereocenters. The number of nitrogens with two attached hydrogens (primary N) is 1. The molecular weight excluding hydrogens is 266 g/mol. The van der Waals surface area contributed by atoms with Gasteiger partial charge in [0.15, 0.2) is 0 Å². The summed E-state index contributed by atoms with van der Waals surface area (Å²) < 4.78 is 0. The first-order chi connectivity index (χ1) is 9.70. The van der Waals surface area contributed by atoms with Gasteiger partial charge >= 0.3 is 0 Å². The molecule has 4 heteroatoms. The monoisotopic (exact) mass is 287 g/mol. The second-order valence-electron chi connectivity index (χ2n) is 5.65. The molecule has 0 radical (unpaired) electrons. The number of likely N-dealkylation sites (tertiary alicyclic amines) is 1. The maximum atomic E-state index is 5.86. The van der Waals surface area contributed by atoms with Crippen LogP contribution in [0.2, 0.25) is 0 Å². The molecule has 3 nitrogen and oxygen atoms in total. The molecule has 0 amide bonds. The first-order valence-electron chi connectivity index (χ1n) is 7.19. The number of hydrogen-bond acceptors (Lipinski definition) is 4. The third kappa shape index (κ3) is 3.19. The van der Waals surface area contributed by atoms with E-state index >= 15 is 0 Å². The second kappa shape index (κ2) is 5.94. The summed E-state index contributed by atoms with van der Waals surface area (Å²) in [6, 6.07) is 8.22. The van der Waals surface area contributed by atoms with Gasteiger partial charge in [-0.05, 0) is 44.0 Å². The van der Waals surface area contributed by atoms with E-state index in [1.165, 1.54) is 30.0 Å². The topological polar surface area (TPSA) is 42.1 Å². The first-order valence-corrected chi connectivity index (χ1v) is 8.07. The molecule has 3 rings (SSSR count). The van der Waals surface area contributed by atoms with Crippen molar-refractivity contribution in [3.63, 3.8) is 0 Å². The lowest BCUT2D eigenvalue weighted by Gasteiger charge is -2.31. The largest absolute Gasteiger partial charge is 0.399 e. The number of piperidine rings is 1. The Labute approximate surface area is 124 Å². The van der Waals surface area contributed by atoms with Gasteiger partial charge in [-0.2, -0.15) is 0 Å². The molecule has 0 saturated carbocycles. The molecule has 1 aromatic heterocycles. The quantitative estimate of drug-likeness (QED) is 0.880. The van der Waals surface area contributed by atoms with Crippen LogP contribution in [-0.4, -0.2) is 23.0 Å². The van der Waals surface area contributed by atoms with Crippen molar-refractivity contribution in [2.75, 3.05) is 18.8 Å². The molecule has 20 heavy (non-hydrogen) atoms. The predicted octanol–water partition coefficient (Wildman–Crippen LogP) is 3.41. The molecule has 1 saturated heterocycles. The van der Waals surface area contributed by atoms with E-state index in [1.54, 1.807) is 0 Å². The molecule has 1 aromatic carbocycles. The highest BCUT2D eigenvalue weighted by Gasteiger charge is 2.23. The molecule has 106 valence electrons. The fraction of sp³-hybridized carbons (Fsp3) is 0.438. The van der Waals surface area contributed by atoms with E-state index in [4.69, 9.17) is 5.73 Å². The third-order valence-electron chi connectivity index (χ3n) is 3.85. The molecule has 1 fully saturated rings. The van der Waals surface area contributed by atoms with Crippen molar-refractivity contribution in [3.8, 4) is 0 Å². The average molecular weight is 287 g/mol. The molecule has 0 spiro atoms. The fourth-order valence-electron chi connectivity index (χ4n) is 2.91. The SMILES string of the molecule is Cc1csc(C2CCCN(Cc3cccc(N)c3)C2)n1. The first kappa shape index (κ1) is 13.6. The van der Waals surface area contributed by atoms with E-state index in [2.05, 4.69) is 34.3 Å². The van der Waals surface area contributed by atoms with Crippen LogP contribution < -0.4 is 5.73 Å². The standard InChI is InChI=1S/C16H21N3S/c1-12-11-20-16(18-12)14-5-3-7-19(10-14)9-13-4-2-6-15(17)8-13/h2,4,6,8,11,14H,3,5,7,9-10,17H2,1H3. The highest BCUT2D eigenvalue weighted by atomic mass is 32.1. The van der Waals surface area contributed by atoms with E-state index in [-0.39, 0.29) is 0 Å². The number of anilines is 1. The van der Waals surface area contributed by atoms with E-state index in [0.717, 1.165) is 24.5 Å². The van der Waals surface area contributed by atoms with Gasteiger partial charge in [-0.25, -0.2) is 4.98 Å². The molecule has 0 bridgehead atoms. The lowest BCUT2D eigenvalue weighted by molar-refractivity contribution is 0.200. The number of aryl methyl sites for hydroxylation is 1. The van der Waals surface area contributed by atoms with Crippen molar-refractivity contribution in [1.29, 1.82) is 0 Å². The van der Waals surface area contributed by atoms with Crippen molar-refractivity contribution in [3.05, 3.63) is 45.9 Å². The van der Waals surface area contributed by atoms with Crippen LogP contribution in [-0.2, 0) is 6.54 Å². The van der Waals surface area contributed by atoms with Gasteiger partial charge in [0, 0.05) is 35.8 Å². The van der Waals surface area contributed by atoms with Gasteiger partial charge in [0.2, 0.25) is 0 Å². The minimum absolute atomic E-state index is 0.600. The summed E-state index contributed by atoms with van der Waals surface area (Å²) in [6.45, 7) is 5.36. The summed E-state index contributed by atoms with van der Waals surface area (Å²) in [5, 5.41) is 3.46. The van der Waals surface area contributed by atoms with Gasteiger partial charge in [-0.1, -0.05) is 12.1 Å². The summed E-state index contributed by atoms with van der Waals surface area (Å²) in [5.74, 6) is 0.600.